The molecule has 0 aromatic heterocycles. The van der Waals surface area contributed by atoms with E-state index in [0.29, 0.717) is 11.5 Å². The minimum Gasteiger partial charge on any atom is -0.485 e. The van der Waals surface area contributed by atoms with Crippen LogP contribution in [0.3, 0.4) is 0 Å². The molecule has 1 saturated carbocycles. The third kappa shape index (κ3) is 7.25. The second-order valence-electron chi connectivity index (χ2n) is 11.3. The molecule has 3 aromatic carbocycles. The molecule has 5 heteroatoms. The summed E-state index contributed by atoms with van der Waals surface area (Å²) >= 11 is 0. The number of benzene rings is 3. The number of ether oxygens (including phenoxy) is 1. The van der Waals surface area contributed by atoms with Gasteiger partial charge in [-0.05, 0) is 64.8 Å². The largest absolute Gasteiger partial charge is 0.485 e. The summed E-state index contributed by atoms with van der Waals surface area (Å²) < 4.78 is 6.64. The zero-order valence-corrected chi connectivity index (χ0v) is 22.7. The van der Waals surface area contributed by atoms with Crippen molar-refractivity contribution in [3.8, 4) is 16.9 Å². The average Bonchev–Trinajstić information content (AvgIpc) is 2.92. The molecule has 3 aromatic rings. The summed E-state index contributed by atoms with van der Waals surface area (Å²) in [5.74, 6) is 0.369. The first kappa shape index (κ1) is 27.4. The highest BCUT2D eigenvalue weighted by atomic mass is 16.5. The van der Waals surface area contributed by atoms with Gasteiger partial charge in [0.05, 0.1) is 5.56 Å². The van der Waals surface area contributed by atoms with Gasteiger partial charge in [-0.25, -0.2) is 4.99 Å². The fourth-order valence-corrected chi connectivity index (χ4v) is 5.13. The van der Waals surface area contributed by atoms with Crippen LogP contribution in [0, 0.1) is 5.92 Å². The Bertz CT molecular complexity index is 1220. The lowest BCUT2D eigenvalue weighted by atomic mass is 9.82. The van der Waals surface area contributed by atoms with E-state index in [1.54, 1.807) is 0 Å². The fraction of sp³-hybridized carbons (Fsp3) is 0.394. The topological polar surface area (TPSA) is 80.7 Å². The molecule has 0 radical (unpaired) electrons. The Morgan fingerprint density at radius 1 is 0.868 bits per heavy atom. The van der Waals surface area contributed by atoms with Gasteiger partial charge in [-0.3, -0.25) is 4.79 Å². The number of rotatable bonds is 9. The second-order valence-corrected chi connectivity index (χ2v) is 11.3. The van der Waals surface area contributed by atoms with Crippen molar-refractivity contribution in [3.63, 3.8) is 0 Å². The van der Waals surface area contributed by atoms with E-state index >= 15 is 0 Å². The smallest absolute Gasteiger partial charge is 0.365 e. The van der Waals surface area contributed by atoms with E-state index in [4.69, 9.17) is 9.84 Å². The molecular weight excluding hydrogens is 474 g/mol. The van der Waals surface area contributed by atoms with Gasteiger partial charge in [0.2, 0.25) is 0 Å². The first-order valence-electron chi connectivity index (χ1n) is 13.7. The Balaban J connectivity index is 1.50. The molecular formula is C33H40NO4+. The highest BCUT2D eigenvalue weighted by Crippen LogP contribution is 2.38. The maximum atomic E-state index is 10.7. The van der Waals surface area contributed by atoms with Crippen LogP contribution in [0.15, 0.2) is 72.8 Å². The highest BCUT2D eigenvalue weighted by Gasteiger charge is 2.27. The summed E-state index contributed by atoms with van der Waals surface area (Å²) in [7, 11) is 0. The molecule has 0 spiro atoms. The summed E-state index contributed by atoms with van der Waals surface area (Å²) in [5.41, 5.74) is 5.53. The normalized spacial score (nSPS) is 15.7. The standard InChI is InChI=1S/C33H39NO4/c1-33(2,3)28-17-13-23(14-18-28)24-15-19-29(20-16-24)38-31(25-7-5-4-6-8-25)26-9-11-27(12-10-26)32(37)34-22-21-30(35)36/h9-20,25,31H,4-8,21-22H2,1-3H3,(H,34,37)(H,35,36)/p+1. The van der Waals surface area contributed by atoms with E-state index in [1.165, 1.54) is 30.4 Å². The molecule has 0 heterocycles. The molecule has 0 bridgehead atoms. The molecule has 200 valence electrons. The van der Waals surface area contributed by atoms with Crippen LogP contribution in [0.5, 0.6) is 5.75 Å². The number of hydrogen-bond donors (Lipinski definition) is 3. The van der Waals surface area contributed by atoms with Gasteiger partial charge in [-0.15, -0.1) is 0 Å². The van der Waals surface area contributed by atoms with Crippen molar-refractivity contribution < 1.29 is 24.7 Å². The monoisotopic (exact) mass is 514 g/mol. The van der Waals surface area contributed by atoms with Gasteiger partial charge < -0.3 is 14.9 Å². The third-order valence-electron chi connectivity index (χ3n) is 7.42. The van der Waals surface area contributed by atoms with Crippen LogP contribution in [0.4, 0.5) is 0 Å². The van der Waals surface area contributed by atoms with Crippen LogP contribution in [0.1, 0.15) is 82.1 Å². The quantitative estimate of drug-likeness (QED) is 0.234. The summed E-state index contributed by atoms with van der Waals surface area (Å²) in [6.07, 6.45) is 5.86. The van der Waals surface area contributed by atoms with Crippen molar-refractivity contribution in [1.29, 1.82) is 0 Å². The van der Waals surface area contributed by atoms with Gasteiger partial charge in [0.1, 0.15) is 18.3 Å². The molecule has 38 heavy (non-hydrogen) atoms. The number of hydrogen-bond acceptors (Lipinski definition) is 2. The van der Waals surface area contributed by atoms with Gasteiger partial charge in [0.15, 0.2) is 6.54 Å². The Morgan fingerprint density at radius 2 is 1.45 bits per heavy atom. The average molecular weight is 515 g/mol. The van der Waals surface area contributed by atoms with Crippen LogP contribution in [0.2, 0.25) is 0 Å². The number of aliphatic hydroxyl groups is 1. The fourth-order valence-electron chi connectivity index (χ4n) is 5.13. The molecule has 1 aliphatic carbocycles. The van der Waals surface area contributed by atoms with Crippen molar-refractivity contribution in [2.75, 3.05) is 6.54 Å². The molecule has 1 fully saturated rings. The lowest BCUT2D eigenvalue weighted by molar-refractivity contribution is -0.464. The van der Waals surface area contributed by atoms with Crippen molar-refractivity contribution in [2.45, 2.75) is 70.8 Å². The summed E-state index contributed by atoms with van der Waals surface area (Å²) in [5, 5.41) is 19.1. The summed E-state index contributed by atoms with van der Waals surface area (Å²) in [6.45, 7) is 6.85. The molecule has 0 saturated heterocycles. The Hall–Kier alpha value is -3.60. The molecule has 4 rings (SSSR count). The first-order chi connectivity index (χ1) is 18.2. The number of aliphatic carboxylic acids is 1. The van der Waals surface area contributed by atoms with Crippen molar-refractivity contribution in [2.24, 2.45) is 5.92 Å². The van der Waals surface area contributed by atoms with Gasteiger partial charge in [-0.2, -0.15) is 0 Å². The lowest BCUT2D eigenvalue weighted by Crippen LogP contribution is -2.73. The number of carbonyl (C=O) groups is 1. The maximum absolute atomic E-state index is 10.7. The van der Waals surface area contributed by atoms with E-state index in [-0.39, 0.29) is 30.4 Å². The van der Waals surface area contributed by atoms with Crippen LogP contribution in [-0.4, -0.2) is 28.6 Å². The van der Waals surface area contributed by atoms with E-state index in [2.05, 4.69) is 74.3 Å². The Kier molecular flexibility index (Phi) is 8.88. The number of carboxylic acid groups (broad SMARTS) is 1. The summed E-state index contributed by atoms with van der Waals surface area (Å²) in [4.78, 5) is 13.5. The van der Waals surface area contributed by atoms with Gasteiger partial charge in [0.25, 0.3) is 0 Å². The van der Waals surface area contributed by atoms with E-state index < -0.39 is 5.97 Å². The van der Waals surface area contributed by atoms with E-state index in [0.717, 1.165) is 29.7 Å². The number of aliphatic hydroxyl groups excluding tert-OH is 1. The molecule has 1 aliphatic rings. The second kappa shape index (κ2) is 12.3. The van der Waals surface area contributed by atoms with Gasteiger partial charge in [0, 0.05) is 5.92 Å². The lowest BCUT2D eigenvalue weighted by Gasteiger charge is -2.31. The van der Waals surface area contributed by atoms with Crippen LogP contribution in [-0.2, 0) is 10.2 Å². The van der Waals surface area contributed by atoms with E-state index in [1.807, 2.05) is 24.3 Å². The van der Waals surface area contributed by atoms with Crippen LogP contribution >= 0.6 is 0 Å². The number of nitrogens with one attached hydrogen (secondary N) is 1. The molecule has 1 atom stereocenters. The molecule has 5 nitrogen and oxygen atoms in total. The van der Waals surface area contributed by atoms with Crippen LogP contribution < -0.4 is 9.73 Å². The Labute approximate surface area is 226 Å². The minimum atomic E-state index is -0.903. The zero-order valence-electron chi connectivity index (χ0n) is 22.7. The molecule has 1 unspecified atom stereocenters. The predicted octanol–water partition coefficient (Wildman–Crippen LogP) is 6.21. The third-order valence-corrected chi connectivity index (χ3v) is 7.42. The zero-order chi connectivity index (χ0) is 27.1. The van der Waals surface area contributed by atoms with Crippen molar-refractivity contribution >= 4 is 11.9 Å². The number of carboxylic acids is 1. The Morgan fingerprint density at radius 3 is 2.00 bits per heavy atom. The minimum absolute atomic E-state index is 0.0148. The maximum Gasteiger partial charge on any atom is 0.365 e. The molecule has 3 N–H and O–H groups in total. The first-order valence-corrected chi connectivity index (χ1v) is 13.7. The highest BCUT2D eigenvalue weighted by molar-refractivity contribution is 5.87. The van der Waals surface area contributed by atoms with Gasteiger partial charge in [-0.1, -0.05) is 88.6 Å². The van der Waals surface area contributed by atoms with Crippen molar-refractivity contribution in [3.05, 3.63) is 89.5 Å². The molecule has 0 amide bonds. The predicted molar refractivity (Wildman–Crippen MR) is 152 cm³/mol. The molecule has 0 aliphatic heterocycles. The van der Waals surface area contributed by atoms with Crippen LogP contribution in [0.25, 0.3) is 11.1 Å². The van der Waals surface area contributed by atoms with Gasteiger partial charge >= 0.3 is 11.9 Å². The SMILES string of the molecule is CC(C)(C)c1ccc(-c2ccc(OC(c3ccc(C(O)=[NH+]CCC(=O)O)cc3)C3CCCCC3)cc2)cc1. The van der Waals surface area contributed by atoms with E-state index in [9.17, 15) is 9.90 Å². The van der Waals surface area contributed by atoms with Crippen molar-refractivity contribution in [1.82, 2.24) is 0 Å². The summed E-state index contributed by atoms with van der Waals surface area (Å²) in [6, 6.07) is 24.9.